The van der Waals surface area contributed by atoms with E-state index in [9.17, 15) is 8.42 Å². The van der Waals surface area contributed by atoms with Gasteiger partial charge in [-0.25, -0.2) is 13.1 Å². The molecule has 0 aromatic heterocycles. The number of nitrogens with one attached hydrogen (secondary N) is 2. The van der Waals surface area contributed by atoms with E-state index in [-0.39, 0.29) is 12.4 Å². The van der Waals surface area contributed by atoms with Gasteiger partial charge in [0.25, 0.3) is 0 Å². The molecular weight excluding hydrogens is 288 g/mol. The zero-order valence-electron chi connectivity index (χ0n) is 10.8. The normalized spacial score (nSPS) is 13.5. The summed E-state index contributed by atoms with van der Waals surface area (Å²) in [5.74, 6) is 0.793. The number of ether oxygens (including phenoxy) is 1. The topological polar surface area (TPSA) is 67.4 Å². The Kier molecular flexibility index (Phi) is 6.06. The number of fused-ring (bicyclic) bond motifs is 1. The average molecular weight is 307 g/mol. The summed E-state index contributed by atoms with van der Waals surface area (Å²) in [7, 11) is -3.41. The second-order valence-corrected chi connectivity index (χ2v) is 5.89. The van der Waals surface area contributed by atoms with Gasteiger partial charge >= 0.3 is 0 Å². The summed E-state index contributed by atoms with van der Waals surface area (Å²) < 4.78 is 32.0. The second kappa shape index (κ2) is 7.09. The summed E-state index contributed by atoms with van der Waals surface area (Å²) in [6, 6.07) is 5.00. The molecular formula is C12H19ClN2O3S. The lowest BCUT2D eigenvalue weighted by atomic mass is 10.2. The highest BCUT2D eigenvalue weighted by molar-refractivity contribution is 7.89. The molecule has 0 atom stereocenters. The molecule has 0 unspecified atom stereocenters. The molecule has 1 aliphatic rings. The van der Waals surface area contributed by atoms with Crippen LogP contribution in [-0.4, -0.2) is 34.7 Å². The van der Waals surface area contributed by atoms with Gasteiger partial charge in [-0.15, -0.1) is 12.4 Å². The third-order valence-corrected chi connectivity index (χ3v) is 4.27. The van der Waals surface area contributed by atoms with Gasteiger partial charge in [0.05, 0.1) is 11.5 Å². The van der Waals surface area contributed by atoms with Crippen LogP contribution in [0.25, 0.3) is 0 Å². The maximum absolute atomic E-state index is 12.0. The van der Waals surface area contributed by atoms with Crippen LogP contribution in [0.15, 0.2) is 23.1 Å². The van der Waals surface area contributed by atoms with Crippen molar-refractivity contribution >= 4 is 22.4 Å². The highest BCUT2D eigenvalue weighted by Crippen LogP contribution is 2.27. The highest BCUT2D eigenvalue weighted by Gasteiger charge is 2.18. The van der Waals surface area contributed by atoms with Crippen LogP contribution in [0, 0.1) is 0 Å². The Bertz CT molecular complexity index is 520. The molecule has 2 N–H and O–H groups in total. The van der Waals surface area contributed by atoms with Gasteiger partial charge in [-0.1, -0.05) is 6.92 Å². The summed E-state index contributed by atoms with van der Waals surface area (Å²) in [5, 5.41) is 3.07. The predicted molar refractivity (Wildman–Crippen MR) is 76.6 cm³/mol. The van der Waals surface area contributed by atoms with Crippen LogP contribution < -0.4 is 14.8 Å². The van der Waals surface area contributed by atoms with Crippen molar-refractivity contribution in [1.82, 2.24) is 10.0 Å². The number of hydrogen-bond donors (Lipinski definition) is 2. The molecule has 0 spiro atoms. The fraction of sp³-hybridized carbons (Fsp3) is 0.500. The highest BCUT2D eigenvalue weighted by atomic mass is 35.5. The van der Waals surface area contributed by atoms with Crippen LogP contribution in [0.3, 0.4) is 0 Å². The lowest BCUT2D eigenvalue weighted by molar-refractivity contribution is 0.356. The Hall–Kier alpha value is -0.820. The van der Waals surface area contributed by atoms with Crippen LogP contribution in [0.2, 0.25) is 0 Å². The summed E-state index contributed by atoms with van der Waals surface area (Å²) >= 11 is 0. The molecule has 108 valence electrons. The standard InChI is InChI=1S/C12H18N2O3S.ClH/c1-2-13-6-7-14-18(15,16)11-3-4-12-10(9-11)5-8-17-12;/h3-4,9,13-14H,2,5-8H2,1H3;1H. The molecule has 1 aromatic rings. The van der Waals surface area contributed by atoms with E-state index in [4.69, 9.17) is 4.74 Å². The number of rotatable bonds is 6. The molecule has 2 rings (SSSR count). The number of sulfonamides is 1. The van der Waals surface area contributed by atoms with E-state index in [1.54, 1.807) is 18.2 Å². The zero-order chi connectivity index (χ0) is 13.0. The van der Waals surface area contributed by atoms with E-state index in [1.165, 1.54) is 0 Å². The van der Waals surface area contributed by atoms with Gasteiger partial charge < -0.3 is 10.1 Å². The van der Waals surface area contributed by atoms with Gasteiger partial charge in [0.15, 0.2) is 0 Å². The molecule has 0 radical (unpaired) electrons. The van der Waals surface area contributed by atoms with Crippen LogP contribution >= 0.6 is 12.4 Å². The fourth-order valence-corrected chi connectivity index (χ4v) is 2.95. The Balaban J connectivity index is 0.00000180. The molecule has 0 fully saturated rings. The number of benzene rings is 1. The first-order valence-electron chi connectivity index (χ1n) is 6.09. The van der Waals surface area contributed by atoms with E-state index >= 15 is 0 Å². The maximum atomic E-state index is 12.0. The quantitative estimate of drug-likeness (QED) is 0.767. The fourth-order valence-electron chi connectivity index (χ4n) is 1.86. The predicted octanol–water partition coefficient (Wildman–Crippen LogP) is 0.931. The van der Waals surface area contributed by atoms with Crippen molar-refractivity contribution in [2.24, 2.45) is 0 Å². The summed E-state index contributed by atoms with van der Waals surface area (Å²) in [5.41, 5.74) is 0.963. The molecule has 0 saturated heterocycles. The Morgan fingerprint density at radius 3 is 2.84 bits per heavy atom. The zero-order valence-corrected chi connectivity index (χ0v) is 12.4. The van der Waals surface area contributed by atoms with Gasteiger partial charge in [0.2, 0.25) is 10.0 Å². The van der Waals surface area contributed by atoms with Gasteiger partial charge in [-0.05, 0) is 30.3 Å². The molecule has 1 heterocycles. The molecule has 7 heteroatoms. The minimum atomic E-state index is -3.41. The van der Waals surface area contributed by atoms with Crippen molar-refractivity contribution in [3.8, 4) is 5.75 Å². The van der Waals surface area contributed by atoms with Crippen LogP contribution in [0.1, 0.15) is 12.5 Å². The summed E-state index contributed by atoms with van der Waals surface area (Å²) in [6.45, 7) is 4.47. The Morgan fingerprint density at radius 1 is 1.32 bits per heavy atom. The van der Waals surface area contributed by atoms with E-state index < -0.39 is 10.0 Å². The lowest BCUT2D eigenvalue weighted by Gasteiger charge is -2.08. The average Bonchev–Trinajstić information content (AvgIpc) is 2.82. The smallest absolute Gasteiger partial charge is 0.240 e. The first-order chi connectivity index (χ1) is 8.63. The van der Waals surface area contributed by atoms with E-state index in [0.717, 1.165) is 24.3 Å². The van der Waals surface area contributed by atoms with Gasteiger partial charge in [-0.3, -0.25) is 0 Å². The molecule has 0 saturated carbocycles. The number of likely N-dealkylation sites (N-methyl/N-ethyl adjacent to an activating group) is 1. The van der Waals surface area contributed by atoms with Crippen LogP contribution in [0.4, 0.5) is 0 Å². The molecule has 5 nitrogen and oxygen atoms in total. The Labute approximate surface area is 120 Å². The summed E-state index contributed by atoms with van der Waals surface area (Å²) in [4.78, 5) is 0.309. The van der Waals surface area contributed by atoms with E-state index in [0.29, 0.717) is 24.6 Å². The maximum Gasteiger partial charge on any atom is 0.240 e. The molecule has 1 aromatic carbocycles. The first-order valence-corrected chi connectivity index (χ1v) is 7.58. The minimum Gasteiger partial charge on any atom is -0.493 e. The largest absolute Gasteiger partial charge is 0.493 e. The third kappa shape index (κ3) is 4.07. The van der Waals surface area contributed by atoms with E-state index in [2.05, 4.69) is 10.0 Å². The van der Waals surface area contributed by atoms with Crippen molar-refractivity contribution in [2.75, 3.05) is 26.2 Å². The molecule has 19 heavy (non-hydrogen) atoms. The van der Waals surface area contributed by atoms with Crippen molar-refractivity contribution in [1.29, 1.82) is 0 Å². The van der Waals surface area contributed by atoms with Crippen LogP contribution in [-0.2, 0) is 16.4 Å². The van der Waals surface area contributed by atoms with Gasteiger partial charge in [0, 0.05) is 19.5 Å². The summed E-state index contributed by atoms with van der Waals surface area (Å²) in [6.07, 6.45) is 0.774. The number of halogens is 1. The molecule has 0 amide bonds. The molecule has 0 bridgehead atoms. The second-order valence-electron chi connectivity index (χ2n) is 4.12. The van der Waals surface area contributed by atoms with Crippen molar-refractivity contribution in [2.45, 2.75) is 18.2 Å². The molecule has 0 aliphatic carbocycles. The van der Waals surface area contributed by atoms with Crippen LogP contribution in [0.5, 0.6) is 5.75 Å². The lowest BCUT2D eigenvalue weighted by Crippen LogP contribution is -2.31. The van der Waals surface area contributed by atoms with Crippen molar-refractivity contribution in [3.63, 3.8) is 0 Å². The van der Waals surface area contributed by atoms with E-state index in [1.807, 2.05) is 6.92 Å². The SMILES string of the molecule is CCNCCNS(=O)(=O)c1ccc2c(c1)CCO2.Cl. The third-order valence-electron chi connectivity index (χ3n) is 2.82. The number of hydrogen-bond acceptors (Lipinski definition) is 4. The monoisotopic (exact) mass is 306 g/mol. The minimum absolute atomic E-state index is 0. The Morgan fingerprint density at radius 2 is 2.11 bits per heavy atom. The van der Waals surface area contributed by atoms with Gasteiger partial charge in [-0.2, -0.15) is 0 Å². The molecule has 1 aliphatic heterocycles. The van der Waals surface area contributed by atoms with Gasteiger partial charge in [0.1, 0.15) is 5.75 Å². The van der Waals surface area contributed by atoms with Crippen molar-refractivity contribution in [3.05, 3.63) is 23.8 Å². The van der Waals surface area contributed by atoms with Crippen molar-refractivity contribution < 1.29 is 13.2 Å². The first kappa shape index (κ1) is 16.2.